The molecular weight excluding hydrogens is 204 g/mol. The first-order chi connectivity index (χ1) is 7.34. The highest BCUT2D eigenvalue weighted by Gasteiger charge is 2.13. The van der Waals surface area contributed by atoms with Crippen molar-refractivity contribution in [2.75, 3.05) is 13.1 Å². The average Bonchev–Trinajstić information content (AvgIpc) is 2.84. The Balaban J connectivity index is 1.58. The van der Waals surface area contributed by atoms with Crippen molar-refractivity contribution in [1.82, 2.24) is 10.3 Å². The Bertz CT molecular complexity index is 290. The van der Waals surface area contributed by atoms with Crippen molar-refractivity contribution in [2.45, 2.75) is 39.0 Å². The highest BCUT2D eigenvalue weighted by atomic mass is 32.1. The number of aryl methyl sites for hydroxylation is 1. The van der Waals surface area contributed by atoms with Gasteiger partial charge >= 0.3 is 0 Å². The van der Waals surface area contributed by atoms with Crippen LogP contribution in [0.25, 0.3) is 0 Å². The maximum absolute atomic E-state index is 4.46. The van der Waals surface area contributed by atoms with Gasteiger partial charge in [-0.25, -0.2) is 4.98 Å². The Morgan fingerprint density at radius 1 is 1.47 bits per heavy atom. The summed E-state index contributed by atoms with van der Waals surface area (Å²) >= 11 is 1.75. The lowest BCUT2D eigenvalue weighted by Crippen LogP contribution is -2.23. The van der Waals surface area contributed by atoms with Crippen LogP contribution >= 0.6 is 11.3 Å². The first kappa shape index (κ1) is 11.1. The van der Waals surface area contributed by atoms with Crippen molar-refractivity contribution >= 4 is 11.3 Å². The molecule has 0 bridgehead atoms. The second-order valence-corrected chi connectivity index (χ2v) is 5.52. The number of rotatable bonds is 5. The van der Waals surface area contributed by atoms with Crippen LogP contribution in [0, 0.1) is 12.8 Å². The predicted molar refractivity (Wildman–Crippen MR) is 65.4 cm³/mol. The van der Waals surface area contributed by atoms with Crippen molar-refractivity contribution in [3.63, 3.8) is 0 Å². The topological polar surface area (TPSA) is 24.9 Å². The molecule has 0 saturated heterocycles. The third-order valence-electron chi connectivity index (χ3n) is 3.13. The van der Waals surface area contributed by atoms with Crippen molar-refractivity contribution in [3.05, 3.63) is 16.1 Å². The van der Waals surface area contributed by atoms with Gasteiger partial charge in [-0.1, -0.05) is 12.8 Å². The molecule has 0 aliphatic heterocycles. The molecule has 2 rings (SSSR count). The first-order valence-corrected chi connectivity index (χ1v) is 6.84. The van der Waals surface area contributed by atoms with E-state index in [0.29, 0.717) is 0 Å². The summed E-state index contributed by atoms with van der Waals surface area (Å²) in [6.45, 7) is 4.36. The molecule has 0 spiro atoms. The Labute approximate surface area is 96.1 Å². The van der Waals surface area contributed by atoms with Gasteiger partial charge in [-0.15, -0.1) is 11.3 Å². The first-order valence-electron chi connectivity index (χ1n) is 5.96. The molecule has 0 radical (unpaired) electrons. The summed E-state index contributed by atoms with van der Waals surface area (Å²) in [5.74, 6) is 0.946. The van der Waals surface area contributed by atoms with E-state index < -0.39 is 0 Å². The van der Waals surface area contributed by atoms with Gasteiger partial charge in [-0.3, -0.25) is 0 Å². The molecule has 3 heteroatoms. The number of thiazole rings is 1. The second kappa shape index (κ2) is 5.61. The van der Waals surface area contributed by atoms with Gasteiger partial charge in [0.2, 0.25) is 0 Å². The normalized spacial score (nSPS) is 17.4. The van der Waals surface area contributed by atoms with Crippen LogP contribution in [-0.2, 0) is 6.42 Å². The summed E-state index contributed by atoms with van der Waals surface area (Å²) in [5.41, 5.74) is 1.25. The van der Waals surface area contributed by atoms with E-state index in [-0.39, 0.29) is 0 Å². The highest BCUT2D eigenvalue weighted by molar-refractivity contribution is 7.09. The third-order valence-corrected chi connectivity index (χ3v) is 3.95. The number of hydrogen-bond donors (Lipinski definition) is 1. The molecule has 1 fully saturated rings. The Morgan fingerprint density at radius 3 is 2.93 bits per heavy atom. The second-order valence-electron chi connectivity index (χ2n) is 4.46. The summed E-state index contributed by atoms with van der Waals surface area (Å²) in [4.78, 5) is 4.46. The van der Waals surface area contributed by atoms with Crippen LogP contribution in [-0.4, -0.2) is 18.1 Å². The molecule has 2 nitrogen and oxygen atoms in total. The van der Waals surface area contributed by atoms with Crippen LogP contribution < -0.4 is 5.32 Å². The molecule has 1 aliphatic carbocycles. The van der Waals surface area contributed by atoms with Gasteiger partial charge in [-0.05, 0) is 32.2 Å². The molecule has 1 N–H and O–H groups in total. The van der Waals surface area contributed by atoms with E-state index in [1.165, 1.54) is 42.9 Å². The average molecular weight is 224 g/mol. The van der Waals surface area contributed by atoms with Gasteiger partial charge in [0.25, 0.3) is 0 Å². The molecule has 15 heavy (non-hydrogen) atoms. The largest absolute Gasteiger partial charge is 0.316 e. The standard InChI is InChI=1S/C12H20N2S/c1-10-14-12(9-15-10)6-7-13-8-11-4-2-3-5-11/h9,11,13H,2-8H2,1H3. The molecule has 1 aromatic rings. The SMILES string of the molecule is Cc1nc(CCNCC2CCCC2)cs1. The van der Waals surface area contributed by atoms with Crippen LogP contribution in [0.3, 0.4) is 0 Å². The number of hydrogen-bond acceptors (Lipinski definition) is 3. The minimum absolute atomic E-state index is 0.946. The van der Waals surface area contributed by atoms with Gasteiger partial charge in [0, 0.05) is 18.3 Å². The lowest BCUT2D eigenvalue weighted by Gasteiger charge is -2.09. The van der Waals surface area contributed by atoms with Gasteiger partial charge in [-0.2, -0.15) is 0 Å². The smallest absolute Gasteiger partial charge is 0.0897 e. The molecule has 0 amide bonds. The summed E-state index contributed by atoms with van der Waals surface area (Å²) in [7, 11) is 0. The molecular formula is C12H20N2S. The number of aromatic nitrogens is 1. The van der Waals surface area contributed by atoms with Crippen molar-refractivity contribution in [2.24, 2.45) is 5.92 Å². The fourth-order valence-corrected chi connectivity index (χ4v) is 2.91. The van der Waals surface area contributed by atoms with Crippen molar-refractivity contribution in [3.8, 4) is 0 Å². The van der Waals surface area contributed by atoms with Crippen LogP contribution in [0.5, 0.6) is 0 Å². The summed E-state index contributed by atoms with van der Waals surface area (Å²) in [6, 6.07) is 0. The van der Waals surface area contributed by atoms with Gasteiger partial charge < -0.3 is 5.32 Å². The van der Waals surface area contributed by atoms with E-state index in [4.69, 9.17) is 0 Å². The van der Waals surface area contributed by atoms with E-state index in [1.807, 2.05) is 0 Å². The Morgan fingerprint density at radius 2 is 2.27 bits per heavy atom. The van der Waals surface area contributed by atoms with Crippen LogP contribution in [0.2, 0.25) is 0 Å². The summed E-state index contributed by atoms with van der Waals surface area (Å²) in [6.07, 6.45) is 6.83. The van der Waals surface area contributed by atoms with E-state index >= 15 is 0 Å². The van der Waals surface area contributed by atoms with Gasteiger partial charge in [0.1, 0.15) is 0 Å². The van der Waals surface area contributed by atoms with Crippen molar-refractivity contribution < 1.29 is 0 Å². The lowest BCUT2D eigenvalue weighted by molar-refractivity contribution is 0.491. The van der Waals surface area contributed by atoms with Crippen molar-refractivity contribution in [1.29, 1.82) is 0 Å². The quantitative estimate of drug-likeness (QED) is 0.778. The maximum Gasteiger partial charge on any atom is 0.0897 e. The monoisotopic (exact) mass is 224 g/mol. The van der Waals surface area contributed by atoms with Crippen LogP contribution in [0.1, 0.15) is 36.4 Å². The minimum Gasteiger partial charge on any atom is -0.316 e. The zero-order chi connectivity index (χ0) is 10.5. The van der Waals surface area contributed by atoms with Gasteiger partial charge in [0.05, 0.1) is 10.7 Å². The molecule has 1 aromatic heterocycles. The Kier molecular flexibility index (Phi) is 4.15. The summed E-state index contributed by atoms with van der Waals surface area (Å²) < 4.78 is 0. The minimum atomic E-state index is 0.946. The molecule has 1 aliphatic rings. The van der Waals surface area contributed by atoms with Crippen LogP contribution in [0.15, 0.2) is 5.38 Å². The van der Waals surface area contributed by atoms with E-state index in [0.717, 1.165) is 18.9 Å². The Hall–Kier alpha value is -0.410. The molecule has 0 unspecified atom stereocenters. The third kappa shape index (κ3) is 3.58. The predicted octanol–water partition coefficient (Wildman–Crippen LogP) is 2.77. The molecule has 0 aromatic carbocycles. The van der Waals surface area contributed by atoms with Gasteiger partial charge in [0.15, 0.2) is 0 Å². The maximum atomic E-state index is 4.46. The zero-order valence-electron chi connectivity index (χ0n) is 9.46. The molecule has 0 atom stereocenters. The molecule has 1 heterocycles. The number of nitrogens with zero attached hydrogens (tertiary/aromatic N) is 1. The van der Waals surface area contributed by atoms with E-state index in [1.54, 1.807) is 11.3 Å². The highest BCUT2D eigenvalue weighted by Crippen LogP contribution is 2.23. The molecule has 1 saturated carbocycles. The zero-order valence-corrected chi connectivity index (χ0v) is 10.3. The van der Waals surface area contributed by atoms with E-state index in [9.17, 15) is 0 Å². The fourth-order valence-electron chi connectivity index (χ4n) is 2.26. The van der Waals surface area contributed by atoms with E-state index in [2.05, 4.69) is 22.6 Å². The number of nitrogens with one attached hydrogen (secondary N) is 1. The van der Waals surface area contributed by atoms with Crippen LogP contribution in [0.4, 0.5) is 0 Å². The molecule has 84 valence electrons. The summed E-state index contributed by atoms with van der Waals surface area (Å²) in [5, 5.41) is 6.90. The lowest BCUT2D eigenvalue weighted by atomic mass is 10.1. The fraction of sp³-hybridized carbons (Fsp3) is 0.750.